The zero-order valence-corrected chi connectivity index (χ0v) is 23.9. The van der Waals surface area contributed by atoms with E-state index in [-0.39, 0.29) is 18.6 Å². The van der Waals surface area contributed by atoms with Gasteiger partial charge in [-0.1, -0.05) is 44.7 Å². The Morgan fingerprint density at radius 1 is 1.15 bits per heavy atom. The molecule has 0 bridgehead atoms. The van der Waals surface area contributed by atoms with Gasteiger partial charge >= 0.3 is 0 Å². The average Bonchev–Trinajstić information content (AvgIpc) is 3.68. The molecule has 2 fully saturated rings. The highest BCUT2D eigenvalue weighted by Crippen LogP contribution is 2.30. The van der Waals surface area contributed by atoms with Crippen molar-refractivity contribution in [2.75, 3.05) is 37.0 Å². The summed E-state index contributed by atoms with van der Waals surface area (Å²) in [4.78, 5) is 17.6. The van der Waals surface area contributed by atoms with Crippen LogP contribution in [0.3, 0.4) is 0 Å². The largest absolute Gasteiger partial charge is 0.394 e. The molecule has 216 valence electrons. The first kappa shape index (κ1) is 28.4. The third kappa shape index (κ3) is 7.12. The third-order valence-corrected chi connectivity index (χ3v) is 8.06. The summed E-state index contributed by atoms with van der Waals surface area (Å²) in [5, 5.41) is 25.0. The number of carbonyl (C=O) groups excluding carboxylic acids is 1. The van der Waals surface area contributed by atoms with Gasteiger partial charge in [0.25, 0.3) is 5.91 Å². The maximum Gasteiger partial charge on any atom is 0.251 e. The van der Waals surface area contributed by atoms with Crippen molar-refractivity contribution in [2.45, 2.75) is 83.7 Å². The zero-order valence-electron chi connectivity index (χ0n) is 23.9. The number of amides is 1. The van der Waals surface area contributed by atoms with Crippen LogP contribution in [0.1, 0.15) is 80.6 Å². The SMILES string of the molecule is CCCCCCC(CO)Nc1cc(NCC2CCOCC2)n2ncc(-c3ccc(C(=O)NC4CC4)c(C)c3)c2n1. The molecule has 1 aliphatic carbocycles. The summed E-state index contributed by atoms with van der Waals surface area (Å²) in [5.41, 5.74) is 4.23. The molecule has 2 aromatic heterocycles. The predicted molar refractivity (Wildman–Crippen MR) is 159 cm³/mol. The van der Waals surface area contributed by atoms with Gasteiger partial charge in [0, 0.05) is 43.0 Å². The number of fused-ring (bicyclic) bond motifs is 1. The smallest absolute Gasteiger partial charge is 0.251 e. The molecule has 1 saturated heterocycles. The summed E-state index contributed by atoms with van der Waals surface area (Å²) in [5.74, 6) is 2.12. The van der Waals surface area contributed by atoms with Gasteiger partial charge in [0.2, 0.25) is 0 Å². The second kappa shape index (κ2) is 13.5. The molecule has 1 unspecified atom stereocenters. The van der Waals surface area contributed by atoms with Crippen LogP contribution in [-0.2, 0) is 4.74 Å². The molecule has 0 radical (unpaired) electrons. The maximum atomic E-state index is 12.7. The lowest BCUT2D eigenvalue weighted by atomic mass is 10.0. The number of nitrogens with one attached hydrogen (secondary N) is 3. The number of aryl methyl sites for hydroxylation is 1. The van der Waals surface area contributed by atoms with Crippen LogP contribution in [0.15, 0.2) is 30.5 Å². The molecule has 2 aliphatic rings. The van der Waals surface area contributed by atoms with Crippen molar-refractivity contribution in [1.82, 2.24) is 19.9 Å². The van der Waals surface area contributed by atoms with Gasteiger partial charge in [-0.2, -0.15) is 9.61 Å². The Bertz CT molecular complexity index is 1280. The second-order valence-electron chi connectivity index (χ2n) is 11.4. The molecule has 40 heavy (non-hydrogen) atoms. The van der Waals surface area contributed by atoms with Crippen molar-refractivity contribution >= 4 is 23.2 Å². The fourth-order valence-electron chi connectivity index (χ4n) is 5.38. The zero-order chi connectivity index (χ0) is 27.9. The van der Waals surface area contributed by atoms with Crippen LogP contribution in [-0.4, -0.2) is 64.1 Å². The molecule has 0 spiro atoms. The van der Waals surface area contributed by atoms with Crippen LogP contribution >= 0.6 is 0 Å². The topological polar surface area (TPSA) is 113 Å². The Hall–Kier alpha value is -3.17. The number of benzene rings is 1. The van der Waals surface area contributed by atoms with Crippen LogP contribution in [0.5, 0.6) is 0 Å². The highest BCUT2D eigenvalue weighted by atomic mass is 16.5. The molecule has 1 saturated carbocycles. The number of ether oxygens (including phenoxy) is 1. The molecule has 4 N–H and O–H groups in total. The molecule has 5 rings (SSSR count). The van der Waals surface area contributed by atoms with Gasteiger partial charge in [-0.25, -0.2) is 4.98 Å². The van der Waals surface area contributed by atoms with Gasteiger partial charge in [-0.3, -0.25) is 4.79 Å². The van der Waals surface area contributed by atoms with Gasteiger partial charge in [0.1, 0.15) is 11.6 Å². The van der Waals surface area contributed by atoms with Gasteiger partial charge in [-0.15, -0.1) is 0 Å². The van der Waals surface area contributed by atoms with Crippen LogP contribution in [0, 0.1) is 12.8 Å². The summed E-state index contributed by atoms with van der Waals surface area (Å²) in [6.45, 7) is 6.68. The van der Waals surface area contributed by atoms with Crippen molar-refractivity contribution in [2.24, 2.45) is 5.92 Å². The van der Waals surface area contributed by atoms with Crippen LogP contribution < -0.4 is 16.0 Å². The number of carbonyl (C=O) groups is 1. The van der Waals surface area contributed by atoms with Crippen molar-refractivity contribution in [3.05, 3.63) is 41.6 Å². The highest BCUT2D eigenvalue weighted by Gasteiger charge is 2.25. The van der Waals surface area contributed by atoms with E-state index in [9.17, 15) is 9.90 Å². The summed E-state index contributed by atoms with van der Waals surface area (Å²) in [6.07, 6.45) is 11.6. The number of hydrogen-bond donors (Lipinski definition) is 4. The summed E-state index contributed by atoms with van der Waals surface area (Å²) in [7, 11) is 0. The first-order chi connectivity index (χ1) is 19.6. The molecule has 3 aromatic rings. The van der Waals surface area contributed by atoms with Gasteiger partial charge in [-0.05, 0) is 62.1 Å². The second-order valence-corrected chi connectivity index (χ2v) is 11.4. The number of rotatable bonds is 14. The molecule has 9 heteroatoms. The van der Waals surface area contributed by atoms with Crippen LogP contribution in [0.4, 0.5) is 11.6 Å². The van der Waals surface area contributed by atoms with Crippen LogP contribution in [0.25, 0.3) is 16.8 Å². The molecule has 9 nitrogen and oxygen atoms in total. The lowest BCUT2D eigenvalue weighted by Crippen LogP contribution is -2.26. The maximum absolute atomic E-state index is 12.7. The Morgan fingerprint density at radius 2 is 1.98 bits per heavy atom. The fraction of sp³-hybridized carbons (Fsp3) is 0.581. The predicted octanol–water partition coefficient (Wildman–Crippen LogP) is 5.18. The number of unbranched alkanes of at least 4 members (excludes halogenated alkanes) is 3. The molecular formula is C31H44N6O3. The van der Waals surface area contributed by atoms with Crippen molar-refractivity contribution in [1.29, 1.82) is 0 Å². The fourth-order valence-corrected chi connectivity index (χ4v) is 5.38. The number of aliphatic hydroxyl groups is 1. The van der Waals surface area contributed by atoms with Crippen LogP contribution in [0.2, 0.25) is 0 Å². The normalized spacial score (nSPS) is 16.7. The van der Waals surface area contributed by atoms with Gasteiger partial charge in [0.15, 0.2) is 5.65 Å². The first-order valence-electron chi connectivity index (χ1n) is 15.1. The molecule has 1 amide bonds. The summed E-state index contributed by atoms with van der Waals surface area (Å²) >= 11 is 0. The Kier molecular flexibility index (Phi) is 9.54. The number of aliphatic hydroxyl groups excluding tert-OH is 1. The molecule has 1 atom stereocenters. The number of aromatic nitrogens is 3. The van der Waals surface area contributed by atoms with E-state index >= 15 is 0 Å². The summed E-state index contributed by atoms with van der Waals surface area (Å²) < 4.78 is 7.40. The summed E-state index contributed by atoms with van der Waals surface area (Å²) in [6, 6.07) is 8.17. The monoisotopic (exact) mass is 548 g/mol. The van der Waals surface area contributed by atoms with Crippen molar-refractivity contribution in [3.63, 3.8) is 0 Å². The highest BCUT2D eigenvalue weighted by molar-refractivity contribution is 5.97. The standard InChI is InChI=1S/C31H44N6O3/c1-3-4-5-6-7-25(20-38)34-28-17-29(32-18-22-12-14-40-15-13-22)37-30(36-28)27(19-33-37)23-8-11-26(21(2)16-23)31(39)35-24-9-10-24/h8,11,16-17,19,22,24-25,32,38H,3-7,9-10,12-15,18,20H2,1-2H3,(H,34,36)(H,35,39). The molecule has 1 aromatic carbocycles. The average molecular weight is 549 g/mol. The van der Waals surface area contributed by atoms with E-state index in [1.54, 1.807) is 0 Å². The van der Waals surface area contributed by atoms with E-state index in [2.05, 4.69) is 22.9 Å². The molecule has 1 aliphatic heterocycles. The Morgan fingerprint density at radius 3 is 2.70 bits per heavy atom. The lowest BCUT2D eigenvalue weighted by molar-refractivity contribution is 0.0699. The third-order valence-electron chi connectivity index (χ3n) is 8.06. The minimum Gasteiger partial charge on any atom is -0.394 e. The Labute approximate surface area is 237 Å². The van der Waals surface area contributed by atoms with Crippen molar-refractivity contribution < 1.29 is 14.6 Å². The van der Waals surface area contributed by atoms with Gasteiger partial charge in [0.05, 0.1) is 18.8 Å². The van der Waals surface area contributed by atoms with E-state index in [0.29, 0.717) is 17.5 Å². The molecule has 3 heterocycles. The van der Waals surface area contributed by atoms with E-state index < -0.39 is 0 Å². The number of nitrogens with zero attached hydrogens (tertiary/aromatic N) is 3. The van der Waals surface area contributed by atoms with E-state index in [0.717, 1.165) is 92.3 Å². The first-order valence-corrected chi connectivity index (χ1v) is 15.1. The van der Waals surface area contributed by atoms with E-state index in [1.165, 1.54) is 19.3 Å². The Balaban J connectivity index is 1.42. The minimum atomic E-state index is -0.0620. The lowest BCUT2D eigenvalue weighted by Gasteiger charge is -2.23. The number of hydrogen-bond acceptors (Lipinski definition) is 7. The van der Waals surface area contributed by atoms with Crippen molar-refractivity contribution in [3.8, 4) is 11.1 Å². The molecular weight excluding hydrogens is 504 g/mol. The van der Waals surface area contributed by atoms with Gasteiger partial charge < -0.3 is 25.8 Å². The quantitative estimate of drug-likeness (QED) is 0.205. The van der Waals surface area contributed by atoms with E-state index in [4.69, 9.17) is 14.8 Å². The number of anilines is 2. The minimum absolute atomic E-state index is 0.00962. The van der Waals surface area contributed by atoms with E-state index in [1.807, 2.05) is 41.9 Å².